The van der Waals surface area contributed by atoms with Crippen molar-refractivity contribution in [1.82, 2.24) is 0 Å². The first kappa shape index (κ1) is 25.2. The number of para-hydroxylation sites is 1. The van der Waals surface area contributed by atoms with Gasteiger partial charge < -0.3 is 10.1 Å². The minimum Gasteiger partial charge on any atom is -0.455 e. The lowest BCUT2D eigenvalue weighted by Crippen LogP contribution is -2.31. The van der Waals surface area contributed by atoms with E-state index in [1.807, 2.05) is 18.2 Å². The van der Waals surface area contributed by atoms with Crippen LogP contribution in [0.4, 0.5) is 11.4 Å². The number of rotatable bonds is 9. The molecule has 0 radical (unpaired) electrons. The molecule has 0 saturated heterocycles. The van der Waals surface area contributed by atoms with Crippen LogP contribution in [0.3, 0.4) is 0 Å². The fraction of sp³-hybridized carbons (Fsp3) is 0.174. The van der Waals surface area contributed by atoms with Gasteiger partial charge in [-0.2, -0.15) is 0 Å². The smallest absolute Gasteiger partial charge is 0.232 e. The summed E-state index contributed by atoms with van der Waals surface area (Å²) in [4.78, 5) is 12.6. The van der Waals surface area contributed by atoms with E-state index in [9.17, 15) is 13.2 Å². The summed E-state index contributed by atoms with van der Waals surface area (Å²) < 4.78 is 31.6. The molecule has 6 nitrogen and oxygen atoms in total. The van der Waals surface area contributed by atoms with E-state index in [1.165, 1.54) is 12.1 Å². The normalized spacial score (nSPS) is 11.2. The summed E-state index contributed by atoms with van der Waals surface area (Å²) in [5.74, 6) is 0.723. The van der Waals surface area contributed by atoms with Crippen molar-refractivity contribution < 1.29 is 17.9 Å². The molecule has 1 amide bonds. The molecule has 3 aromatic rings. The lowest BCUT2D eigenvalue weighted by Gasteiger charge is -2.23. The molecule has 0 aliphatic rings. The molecule has 33 heavy (non-hydrogen) atoms. The molecule has 1 N–H and O–H groups in total. The molecule has 0 aliphatic heterocycles. The van der Waals surface area contributed by atoms with Gasteiger partial charge in [0.2, 0.25) is 15.9 Å². The zero-order valence-electron chi connectivity index (χ0n) is 17.6. The molecule has 3 aromatic carbocycles. The summed E-state index contributed by atoms with van der Waals surface area (Å²) >= 11 is 18.3. The number of nitrogens with one attached hydrogen (secondary N) is 1. The molecule has 0 aliphatic carbocycles. The average molecular weight is 528 g/mol. The van der Waals surface area contributed by atoms with Crippen molar-refractivity contribution in [1.29, 1.82) is 0 Å². The molecule has 10 heteroatoms. The highest BCUT2D eigenvalue weighted by atomic mass is 35.5. The van der Waals surface area contributed by atoms with Gasteiger partial charge in [0.05, 0.1) is 22.7 Å². The average Bonchev–Trinajstić information content (AvgIpc) is 2.75. The Kier molecular flexibility index (Phi) is 8.48. The van der Waals surface area contributed by atoms with Crippen molar-refractivity contribution in [3.8, 4) is 11.5 Å². The molecule has 0 bridgehead atoms. The molecule has 0 fully saturated rings. The van der Waals surface area contributed by atoms with Crippen molar-refractivity contribution in [3.63, 3.8) is 0 Å². The number of sulfonamides is 1. The third-order valence-electron chi connectivity index (χ3n) is 4.53. The van der Waals surface area contributed by atoms with Crippen LogP contribution in [0.25, 0.3) is 0 Å². The van der Waals surface area contributed by atoms with Crippen LogP contribution in [0.1, 0.15) is 12.8 Å². The monoisotopic (exact) mass is 526 g/mol. The summed E-state index contributed by atoms with van der Waals surface area (Å²) in [6.45, 7) is 0.0508. The summed E-state index contributed by atoms with van der Waals surface area (Å²) in [6.07, 6.45) is 1.38. The van der Waals surface area contributed by atoms with Crippen molar-refractivity contribution in [2.75, 3.05) is 22.4 Å². The lowest BCUT2D eigenvalue weighted by molar-refractivity contribution is -0.116. The highest BCUT2D eigenvalue weighted by molar-refractivity contribution is 7.92. The van der Waals surface area contributed by atoms with Gasteiger partial charge in [-0.1, -0.05) is 53.0 Å². The number of ether oxygens (including phenoxy) is 1. The number of carbonyl (C=O) groups is 1. The van der Waals surface area contributed by atoms with Gasteiger partial charge in [0.1, 0.15) is 5.75 Å². The summed E-state index contributed by atoms with van der Waals surface area (Å²) in [7, 11) is -3.64. The van der Waals surface area contributed by atoms with E-state index in [-0.39, 0.29) is 36.0 Å². The van der Waals surface area contributed by atoms with Gasteiger partial charge in [-0.25, -0.2) is 8.42 Å². The van der Waals surface area contributed by atoms with E-state index in [1.54, 1.807) is 36.4 Å². The zero-order chi connectivity index (χ0) is 24.0. The Bertz CT molecular complexity index is 1240. The van der Waals surface area contributed by atoms with Crippen molar-refractivity contribution >= 4 is 62.1 Å². The number of hydrogen-bond acceptors (Lipinski definition) is 4. The summed E-state index contributed by atoms with van der Waals surface area (Å²) in [5, 5.41) is 3.82. The first-order valence-corrected chi connectivity index (χ1v) is 12.9. The standard InChI is InChI=1S/C23H21Cl3N2O4S/c1-33(30,31)28(21-15-17(25)9-11-19(21)26)13-5-8-23(29)27-20-14-16(24)10-12-22(20)32-18-6-3-2-4-7-18/h2-4,6-7,9-12,14-15H,5,8,13H2,1H3,(H,27,29). The maximum atomic E-state index is 12.6. The SMILES string of the molecule is CS(=O)(=O)N(CCCC(=O)Nc1cc(Cl)ccc1Oc1ccccc1)c1cc(Cl)ccc1Cl. The fourth-order valence-corrected chi connectivity index (χ4v) is 4.62. The molecule has 0 spiro atoms. The number of amides is 1. The van der Waals surface area contributed by atoms with Gasteiger partial charge in [-0.15, -0.1) is 0 Å². The predicted molar refractivity (Wildman–Crippen MR) is 134 cm³/mol. The van der Waals surface area contributed by atoms with Crippen LogP contribution in [0.5, 0.6) is 11.5 Å². The number of carbonyl (C=O) groups excluding carboxylic acids is 1. The second kappa shape index (κ2) is 11.1. The molecular weight excluding hydrogens is 507 g/mol. The Labute approximate surface area is 208 Å². The molecular formula is C23H21Cl3N2O4S. The van der Waals surface area contributed by atoms with Crippen LogP contribution in [0.2, 0.25) is 15.1 Å². The Morgan fingerprint density at radius 3 is 2.33 bits per heavy atom. The van der Waals surface area contributed by atoms with Crippen LogP contribution in [-0.2, 0) is 14.8 Å². The zero-order valence-corrected chi connectivity index (χ0v) is 20.7. The van der Waals surface area contributed by atoms with Gasteiger partial charge in [-0.05, 0) is 55.0 Å². The van der Waals surface area contributed by atoms with E-state index >= 15 is 0 Å². The predicted octanol–water partition coefficient (Wildman–Crippen LogP) is 6.62. The van der Waals surface area contributed by atoms with Gasteiger partial charge in [0.25, 0.3) is 0 Å². The number of halogens is 3. The molecule has 3 rings (SSSR count). The van der Waals surface area contributed by atoms with Crippen LogP contribution >= 0.6 is 34.8 Å². The largest absolute Gasteiger partial charge is 0.455 e. The Balaban J connectivity index is 1.67. The Morgan fingerprint density at radius 2 is 1.64 bits per heavy atom. The van der Waals surface area contributed by atoms with Crippen molar-refractivity contribution in [3.05, 3.63) is 81.8 Å². The molecule has 0 saturated carbocycles. The third-order valence-corrected chi connectivity index (χ3v) is 6.50. The lowest BCUT2D eigenvalue weighted by atomic mass is 10.2. The van der Waals surface area contributed by atoms with E-state index in [4.69, 9.17) is 39.5 Å². The van der Waals surface area contributed by atoms with Crippen molar-refractivity contribution in [2.24, 2.45) is 0 Å². The number of benzene rings is 3. The molecule has 0 atom stereocenters. The highest BCUT2D eigenvalue weighted by Gasteiger charge is 2.21. The van der Waals surface area contributed by atoms with Gasteiger partial charge in [0, 0.05) is 23.0 Å². The Hall–Kier alpha value is -2.45. The van der Waals surface area contributed by atoms with E-state index in [0.717, 1.165) is 10.6 Å². The Morgan fingerprint density at radius 1 is 0.970 bits per heavy atom. The quantitative estimate of drug-likeness (QED) is 0.339. The van der Waals surface area contributed by atoms with Gasteiger partial charge >= 0.3 is 0 Å². The summed E-state index contributed by atoms with van der Waals surface area (Å²) in [6, 6.07) is 18.6. The first-order chi connectivity index (χ1) is 15.6. The molecule has 0 heterocycles. The highest BCUT2D eigenvalue weighted by Crippen LogP contribution is 2.33. The number of anilines is 2. The van der Waals surface area contributed by atoms with Gasteiger partial charge in [-0.3, -0.25) is 9.10 Å². The maximum absolute atomic E-state index is 12.6. The molecule has 0 unspecified atom stereocenters. The van der Waals surface area contributed by atoms with E-state index in [2.05, 4.69) is 5.32 Å². The van der Waals surface area contributed by atoms with Gasteiger partial charge in [0.15, 0.2) is 5.75 Å². The molecule has 174 valence electrons. The maximum Gasteiger partial charge on any atom is 0.232 e. The minimum atomic E-state index is -3.64. The van der Waals surface area contributed by atoms with Crippen LogP contribution < -0.4 is 14.4 Å². The topological polar surface area (TPSA) is 75.7 Å². The third kappa shape index (κ3) is 7.27. The number of hydrogen-bond donors (Lipinski definition) is 1. The van der Waals surface area contributed by atoms with E-state index < -0.39 is 10.0 Å². The van der Waals surface area contributed by atoms with Crippen LogP contribution in [-0.4, -0.2) is 27.1 Å². The van der Waals surface area contributed by atoms with Crippen LogP contribution in [0, 0.1) is 0 Å². The fourth-order valence-electron chi connectivity index (χ4n) is 3.04. The second-order valence-electron chi connectivity index (χ2n) is 7.14. The minimum absolute atomic E-state index is 0.0508. The second-order valence-corrected chi connectivity index (χ2v) is 10.3. The summed E-state index contributed by atoms with van der Waals surface area (Å²) in [5.41, 5.74) is 0.676. The van der Waals surface area contributed by atoms with Crippen LogP contribution in [0.15, 0.2) is 66.7 Å². The first-order valence-electron chi connectivity index (χ1n) is 9.88. The van der Waals surface area contributed by atoms with E-state index in [0.29, 0.717) is 27.2 Å². The van der Waals surface area contributed by atoms with Crippen molar-refractivity contribution in [2.45, 2.75) is 12.8 Å². The molecule has 0 aromatic heterocycles. The number of nitrogens with zero attached hydrogens (tertiary/aromatic N) is 1.